The van der Waals surface area contributed by atoms with Crippen LogP contribution in [0, 0.1) is 18.3 Å². The van der Waals surface area contributed by atoms with Crippen LogP contribution in [-0.4, -0.2) is 38.5 Å². The number of sulfonamides is 1. The summed E-state index contributed by atoms with van der Waals surface area (Å²) in [5.41, 5.74) is 1.15. The van der Waals surface area contributed by atoms with Crippen molar-refractivity contribution < 1.29 is 13.2 Å². The predicted octanol–water partition coefficient (Wildman–Crippen LogP) is 1.66. The molecule has 0 spiro atoms. The highest BCUT2D eigenvalue weighted by atomic mass is 32.2. The lowest BCUT2D eigenvalue weighted by Gasteiger charge is -2.26. The van der Waals surface area contributed by atoms with Gasteiger partial charge in [-0.1, -0.05) is 0 Å². The second-order valence-corrected chi connectivity index (χ2v) is 7.04. The van der Waals surface area contributed by atoms with Crippen molar-refractivity contribution in [1.82, 2.24) is 4.31 Å². The van der Waals surface area contributed by atoms with E-state index in [2.05, 4.69) is 0 Å². The Morgan fingerprint density at radius 2 is 2.15 bits per heavy atom. The summed E-state index contributed by atoms with van der Waals surface area (Å²) in [5, 5.41) is 8.90. The molecule has 0 N–H and O–H groups in total. The molecule has 108 valence electrons. The third kappa shape index (κ3) is 2.57. The molecule has 1 aromatic rings. The van der Waals surface area contributed by atoms with Crippen molar-refractivity contribution in [3.05, 3.63) is 29.3 Å². The van der Waals surface area contributed by atoms with Crippen LogP contribution in [0.4, 0.5) is 0 Å². The maximum atomic E-state index is 12.6. The zero-order valence-electron chi connectivity index (χ0n) is 11.8. The van der Waals surface area contributed by atoms with E-state index in [4.69, 9.17) is 10.00 Å². The summed E-state index contributed by atoms with van der Waals surface area (Å²) in [6, 6.07) is 6.47. The van der Waals surface area contributed by atoms with Gasteiger partial charge in [-0.3, -0.25) is 0 Å². The highest BCUT2D eigenvalue weighted by Crippen LogP contribution is 2.25. The molecule has 1 fully saturated rings. The molecular weight excluding hydrogens is 276 g/mol. The van der Waals surface area contributed by atoms with Gasteiger partial charge in [-0.05, 0) is 44.0 Å². The van der Waals surface area contributed by atoms with Crippen LogP contribution in [-0.2, 0) is 14.8 Å². The summed E-state index contributed by atoms with van der Waals surface area (Å²) in [7, 11) is -1.98. The van der Waals surface area contributed by atoms with Gasteiger partial charge < -0.3 is 4.74 Å². The Morgan fingerprint density at radius 3 is 2.65 bits per heavy atom. The Hall–Kier alpha value is -1.42. The summed E-state index contributed by atoms with van der Waals surface area (Å²) in [4.78, 5) is 0.218. The third-order valence-electron chi connectivity index (χ3n) is 3.80. The first-order valence-electron chi connectivity index (χ1n) is 6.48. The van der Waals surface area contributed by atoms with E-state index in [1.165, 1.54) is 10.4 Å². The van der Waals surface area contributed by atoms with Crippen LogP contribution in [0.15, 0.2) is 23.1 Å². The quantitative estimate of drug-likeness (QED) is 0.850. The molecule has 0 radical (unpaired) electrons. The van der Waals surface area contributed by atoms with Crippen LogP contribution < -0.4 is 0 Å². The Bertz CT molecular complexity index is 649. The highest BCUT2D eigenvalue weighted by molar-refractivity contribution is 7.89. The maximum absolute atomic E-state index is 12.6. The number of aryl methyl sites for hydroxylation is 1. The fourth-order valence-electron chi connectivity index (χ4n) is 2.46. The molecule has 0 bridgehead atoms. The lowest BCUT2D eigenvalue weighted by Crippen LogP contribution is -2.40. The molecular formula is C14H18N2O3S. The molecule has 20 heavy (non-hydrogen) atoms. The molecule has 1 saturated heterocycles. The van der Waals surface area contributed by atoms with Gasteiger partial charge in [0.15, 0.2) is 0 Å². The second kappa shape index (κ2) is 5.52. The van der Waals surface area contributed by atoms with Gasteiger partial charge in [0, 0.05) is 13.7 Å². The topological polar surface area (TPSA) is 70.4 Å². The van der Waals surface area contributed by atoms with Crippen LogP contribution in [0.3, 0.4) is 0 Å². The van der Waals surface area contributed by atoms with E-state index in [0.717, 1.165) is 0 Å². The molecule has 5 nitrogen and oxygen atoms in total. The summed E-state index contributed by atoms with van der Waals surface area (Å²) in [6.45, 7) is 4.20. The van der Waals surface area contributed by atoms with E-state index in [0.29, 0.717) is 24.2 Å². The van der Waals surface area contributed by atoms with Crippen LogP contribution in [0.1, 0.15) is 24.5 Å². The van der Waals surface area contributed by atoms with Crippen molar-refractivity contribution in [2.24, 2.45) is 0 Å². The maximum Gasteiger partial charge on any atom is 0.243 e. The van der Waals surface area contributed by atoms with E-state index in [9.17, 15) is 8.42 Å². The zero-order valence-corrected chi connectivity index (χ0v) is 12.6. The molecule has 1 aliphatic rings. The summed E-state index contributed by atoms with van der Waals surface area (Å²) in [6.07, 6.45) is 0.598. The zero-order chi connectivity index (χ0) is 14.9. The van der Waals surface area contributed by atoms with Crippen molar-refractivity contribution in [2.75, 3.05) is 13.7 Å². The van der Waals surface area contributed by atoms with Gasteiger partial charge in [-0.15, -0.1) is 0 Å². The van der Waals surface area contributed by atoms with E-state index in [1.54, 1.807) is 26.1 Å². The van der Waals surface area contributed by atoms with E-state index >= 15 is 0 Å². The lowest BCUT2D eigenvalue weighted by atomic mass is 10.1. The minimum Gasteiger partial charge on any atom is -0.377 e. The van der Waals surface area contributed by atoms with Gasteiger partial charge in [0.05, 0.1) is 28.7 Å². The molecule has 0 aromatic heterocycles. The first-order chi connectivity index (χ1) is 9.37. The number of ether oxygens (including phenoxy) is 1. The second-order valence-electron chi connectivity index (χ2n) is 5.04. The molecule has 2 unspecified atom stereocenters. The minimum atomic E-state index is -3.56. The number of likely N-dealkylation sites (N-methyl/N-ethyl adjacent to an activating group) is 1. The van der Waals surface area contributed by atoms with Gasteiger partial charge in [0.25, 0.3) is 0 Å². The first-order valence-corrected chi connectivity index (χ1v) is 7.92. The fraction of sp³-hybridized carbons (Fsp3) is 0.500. The van der Waals surface area contributed by atoms with Gasteiger partial charge in [0.2, 0.25) is 10.0 Å². The number of nitrogens with zero attached hydrogens (tertiary/aromatic N) is 2. The van der Waals surface area contributed by atoms with Gasteiger partial charge in [0.1, 0.15) is 0 Å². The molecule has 1 heterocycles. The van der Waals surface area contributed by atoms with Crippen LogP contribution in [0.25, 0.3) is 0 Å². The molecule has 1 aliphatic heterocycles. The summed E-state index contributed by atoms with van der Waals surface area (Å²) < 4.78 is 32.0. The van der Waals surface area contributed by atoms with Crippen molar-refractivity contribution >= 4 is 10.0 Å². The van der Waals surface area contributed by atoms with Crippen LogP contribution >= 0.6 is 0 Å². The molecule has 2 atom stereocenters. The minimum absolute atomic E-state index is 0.103. The monoisotopic (exact) mass is 294 g/mol. The average molecular weight is 294 g/mol. The number of nitriles is 1. The summed E-state index contributed by atoms with van der Waals surface area (Å²) in [5.74, 6) is 0. The third-order valence-corrected chi connectivity index (χ3v) is 5.68. The van der Waals surface area contributed by atoms with Crippen molar-refractivity contribution in [3.63, 3.8) is 0 Å². The normalized spacial score (nSPS) is 22.9. The SMILES string of the molecule is Cc1cc(S(=O)(=O)N(C)C2CCOC2C)ccc1C#N. The largest absolute Gasteiger partial charge is 0.377 e. The molecule has 0 aliphatic carbocycles. The van der Waals surface area contributed by atoms with Gasteiger partial charge >= 0.3 is 0 Å². The molecule has 1 aromatic carbocycles. The van der Waals surface area contributed by atoms with Gasteiger partial charge in [-0.2, -0.15) is 9.57 Å². The highest BCUT2D eigenvalue weighted by Gasteiger charge is 2.35. The van der Waals surface area contributed by atoms with Crippen LogP contribution in [0.5, 0.6) is 0 Å². The number of hydrogen-bond donors (Lipinski definition) is 0. The molecule has 0 amide bonds. The number of hydrogen-bond acceptors (Lipinski definition) is 4. The van der Waals surface area contributed by atoms with E-state index in [-0.39, 0.29) is 17.0 Å². The summed E-state index contributed by atoms with van der Waals surface area (Å²) >= 11 is 0. The standard InChI is InChI=1S/C14H18N2O3S/c1-10-8-13(5-4-12(10)9-15)20(17,18)16(3)14-6-7-19-11(14)2/h4-5,8,11,14H,6-7H2,1-3H3. The molecule has 0 saturated carbocycles. The number of rotatable bonds is 3. The Labute approximate surface area is 119 Å². The van der Waals surface area contributed by atoms with E-state index < -0.39 is 10.0 Å². The van der Waals surface area contributed by atoms with Crippen molar-refractivity contribution in [3.8, 4) is 6.07 Å². The van der Waals surface area contributed by atoms with Crippen LogP contribution in [0.2, 0.25) is 0 Å². The average Bonchev–Trinajstić information content (AvgIpc) is 2.83. The molecule has 6 heteroatoms. The molecule has 2 rings (SSSR count). The predicted molar refractivity (Wildman–Crippen MR) is 74.7 cm³/mol. The first kappa shape index (κ1) is 15.0. The smallest absolute Gasteiger partial charge is 0.243 e. The van der Waals surface area contributed by atoms with Gasteiger partial charge in [-0.25, -0.2) is 8.42 Å². The van der Waals surface area contributed by atoms with E-state index in [1.807, 2.05) is 13.0 Å². The number of benzene rings is 1. The van der Waals surface area contributed by atoms with Crippen molar-refractivity contribution in [1.29, 1.82) is 5.26 Å². The Balaban J connectivity index is 2.35. The lowest BCUT2D eigenvalue weighted by molar-refractivity contribution is 0.102. The Morgan fingerprint density at radius 1 is 1.45 bits per heavy atom. The fourth-order valence-corrected chi connectivity index (χ4v) is 4.00. The Kier molecular flexibility index (Phi) is 4.14. The van der Waals surface area contributed by atoms with Crippen molar-refractivity contribution in [2.45, 2.75) is 37.3 Å².